The van der Waals surface area contributed by atoms with Crippen LogP contribution < -0.4 is 0 Å². The molecule has 0 amide bonds. The van der Waals surface area contributed by atoms with Gasteiger partial charge in [-0.3, -0.25) is 0 Å². The van der Waals surface area contributed by atoms with E-state index in [1.807, 2.05) is 0 Å². The van der Waals surface area contributed by atoms with E-state index >= 15 is 0 Å². The summed E-state index contributed by atoms with van der Waals surface area (Å²) in [7, 11) is 0. The summed E-state index contributed by atoms with van der Waals surface area (Å²) in [5, 5.41) is 0. The van der Waals surface area contributed by atoms with Crippen molar-refractivity contribution in [3.63, 3.8) is 0 Å². The van der Waals surface area contributed by atoms with Crippen molar-refractivity contribution < 1.29 is 0 Å². The van der Waals surface area contributed by atoms with E-state index in [-0.39, 0.29) is 0 Å². The molecule has 0 saturated carbocycles. The highest BCUT2D eigenvalue weighted by Crippen LogP contribution is 2.18. The number of rotatable bonds is 34. The van der Waals surface area contributed by atoms with E-state index in [0.717, 1.165) is 5.92 Å². The smallest absolute Gasteiger partial charge is 0.0443 e. The first-order valence-electron chi connectivity index (χ1n) is 18.8. The maximum Gasteiger partial charge on any atom is -0.0443 e. The molecule has 0 fully saturated rings. The topological polar surface area (TPSA) is 0 Å². The molecule has 0 rings (SSSR count). The second kappa shape index (κ2) is 35.0. The minimum atomic E-state index is 0.966. The fourth-order valence-electron chi connectivity index (χ4n) is 6.21. The highest BCUT2D eigenvalue weighted by Gasteiger charge is 2.01. The molecule has 0 heterocycles. The van der Waals surface area contributed by atoms with Gasteiger partial charge in [0.25, 0.3) is 0 Å². The maximum absolute atomic E-state index is 2.46. The normalized spacial score (nSPS) is 12.4. The molecule has 0 nitrogen and oxygen atoms in total. The molecule has 0 N–H and O–H groups in total. The standard InChI is InChI=1S/C38H78/c1-4-6-8-9-10-11-12-13-14-15-16-17-18-19-20-21-22-23-24-25-26-27-28-29-30-31-32-33-34-35-37-38(3)36-7-5-2/h38H,4-37H2,1-3H3. The van der Waals surface area contributed by atoms with Crippen LogP contribution in [-0.4, -0.2) is 0 Å². The summed E-state index contributed by atoms with van der Waals surface area (Å²) >= 11 is 0. The van der Waals surface area contributed by atoms with Gasteiger partial charge in [-0.2, -0.15) is 0 Å². The van der Waals surface area contributed by atoms with Gasteiger partial charge in [-0.1, -0.05) is 239 Å². The summed E-state index contributed by atoms with van der Waals surface area (Å²) in [6.07, 6.45) is 50.3. The summed E-state index contributed by atoms with van der Waals surface area (Å²) < 4.78 is 0. The van der Waals surface area contributed by atoms with Crippen LogP contribution in [0.5, 0.6) is 0 Å². The third-order valence-electron chi connectivity index (χ3n) is 9.10. The molecule has 0 aromatic carbocycles. The summed E-state index contributed by atoms with van der Waals surface area (Å²) in [6, 6.07) is 0. The molecule has 0 saturated heterocycles. The Kier molecular flexibility index (Phi) is 35.0. The van der Waals surface area contributed by atoms with Crippen molar-refractivity contribution in [3.05, 3.63) is 0 Å². The lowest BCUT2D eigenvalue weighted by atomic mass is 9.97. The number of hydrogen-bond donors (Lipinski definition) is 0. The molecule has 0 aromatic heterocycles. The lowest BCUT2D eigenvalue weighted by Crippen LogP contribution is -1.94. The average Bonchev–Trinajstić information content (AvgIpc) is 2.93. The number of unbranched alkanes of at least 4 members (excludes halogenated alkanes) is 30. The van der Waals surface area contributed by atoms with Crippen molar-refractivity contribution in [2.75, 3.05) is 0 Å². The Balaban J connectivity index is 3.05. The Labute approximate surface area is 244 Å². The van der Waals surface area contributed by atoms with Gasteiger partial charge in [0.2, 0.25) is 0 Å². The van der Waals surface area contributed by atoms with Gasteiger partial charge in [-0.15, -0.1) is 0 Å². The first-order chi connectivity index (χ1) is 18.8. The zero-order chi connectivity index (χ0) is 27.6. The van der Waals surface area contributed by atoms with Crippen LogP contribution in [0.3, 0.4) is 0 Å². The Hall–Kier alpha value is 0. The Bertz CT molecular complexity index is 385. The summed E-state index contributed by atoms with van der Waals surface area (Å²) in [5.41, 5.74) is 0. The molecule has 0 bridgehead atoms. The fourth-order valence-corrected chi connectivity index (χ4v) is 6.21. The van der Waals surface area contributed by atoms with E-state index in [1.54, 1.807) is 0 Å². The van der Waals surface area contributed by atoms with E-state index in [4.69, 9.17) is 0 Å². The third-order valence-corrected chi connectivity index (χ3v) is 9.10. The van der Waals surface area contributed by atoms with Gasteiger partial charge in [0.15, 0.2) is 0 Å². The van der Waals surface area contributed by atoms with Crippen LogP contribution in [0.1, 0.15) is 239 Å². The summed E-state index contributed by atoms with van der Waals surface area (Å²) in [4.78, 5) is 0. The van der Waals surface area contributed by atoms with Crippen molar-refractivity contribution in [2.45, 2.75) is 239 Å². The van der Waals surface area contributed by atoms with Crippen molar-refractivity contribution >= 4 is 0 Å². The first-order valence-corrected chi connectivity index (χ1v) is 18.8. The Morgan fingerprint density at radius 3 is 0.658 bits per heavy atom. The van der Waals surface area contributed by atoms with E-state index in [9.17, 15) is 0 Å². The van der Waals surface area contributed by atoms with Crippen molar-refractivity contribution in [3.8, 4) is 0 Å². The molecule has 0 aliphatic rings. The summed E-state index contributed by atoms with van der Waals surface area (Å²) in [5.74, 6) is 0.966. The van der Waals surface area contributed by atoms with Crippen molar-refractivity contribution in [1.82, 2.24) is 0 Å². The first kappa shape index (κ1) is 38.0. The molecule has 1 atom stereocenters. The maximum atomic E-state index is 2.46. The summed E-state index contributed by atoms with van der Waals surface area (Å²) in [6.45, 7) is 7.08. The molecule has 0 spiro atoms. The largest absolute Gasteiger partial charge is 0.0654 e. The van der Waals surface area contributed by atoms with E-state index < -0.39 is 0 Å². The fraction of sp³-hybridized carbons (Fsp3) is 1.00. The van der Waals surface area contributed by atoms with Gasteiger partial charge in [-0.25, -0.2) is 0 Å². The third kappa shape index (κ3) is 34.0. The van der Waals surface area contributed by atoms with Gasteiger partial charge in [0, 0.05) is 0 Å². The van der Waals surface area contributed by atoms with Gasteiger partial charge in [0.1, 0.15) is 0 Å². The highest BCUT2D eigenvalue weighted by molar-refractivity contribution is 4.55. The van der Waals surface area contributed by atoms with E-state index in [0.29, 0.717) is 0 Å². The molecular weight excluding hydrogens is 456 g/mol. The lowest BCUT2D eigenvalue weighted by Gasteiger charge is -2.10. The predicted molar refractivity (Wildman–Crippen MR) is 177 cm³/mol. The van der Waals surface area contributed by atoms with Crippen molar-refractivity contribution in [1.29, 1.82) is 0 Å². The highest BCUT2D eigenvalue weighted by atomic mass is 14.1. The zero-order valence-electron chi connectivity index (χ0n) is 27.6. The minimum Gasteiger partial charge on any atom is -0.0654 e. The molecule has 230 valence electrons. The van der Waals surface area contributed by atoms with Crippen LogP contribution in [-0.2, 0) is 0 Å². The van der Waals surface area contributed by atoms with Gasteiger partial charge >= 0.3 is 0 Å². The van der Waals surface area contributed by atoms with E-state index in [1.165, 1.54) is 218 Å². The second-order valence-electron chi connectivity index (χ2n) is 13.3. The molecule has 0 aliphatic heterocycles. The average molecular weight is 535 g/mol. The number of hydrogen-bond acceptors (Lipinski definition) is 0. The second-order valence-corrected chi connectivity index (χ2v) is 13.3. The molecule has 1 unspecified atom stereocenters. The lowest BCUT2D eigenvalue weighted by molar-refractivity contribution is 0.440. The van der Waals surface area contributed by atoms with Crippen LogP contribution in [0.4, 0.5) is 0 Å². The van der Waals surface area contributed by atoms with Crippen LogP contribution >= 0.6 is 0 Å². The molecule has 0 heteroatoms. The quantitative estimate of drug-likeness (QED) is 0.0720. The van der Waals surface area contributed by atoms with Gasteiger partial charge < -0.3 is 0 Å². The van der Waals surface area contributed by atoms with Crippen molar-refractivity contribution in [2.24, 2.45) is 5.92 Å². The van der Waals surface area contributed by atoms with Crippen LogP contribution in [0, 0.1) is 5.92 Å². The SMILES string of the molecule is CCCCCCCCCCCCCCCCCCCCCCCCCCCCCCCCC(C)CCCC. The molecule has 38 heavy (non-hydrogen) atoms. The molecule has 0 aliphatic carbocycles. The van der Waals surface area contributed by atoms with Gasteiger partial charge in [-0.05, 0) is 5.92 Å². The zero-order valence-corrected chi connectivity index (χ0v) is 27.6. The van der Waals surface area contributed by atoms with Crippen LogP contribution in [0.25, 0.3) is 0 Å². The molecule has 0 radical (unpaired) electrons. The molecular formula is C38H78. The van der Waals surface area contributed by atoms with Crippen LogP contribution in [0.2, 0.25) is 0 Å². The van der Waals surface area contributed by atoms with E-state index in [2.05, 4.69) is 20.8 Å². The Morgan fingerprint density at radius 2 is 0.421 bits per heavy atom. The predicted octanol–water partition coefficient (Wildman–Crippen LogP) is 14.9. The minimum absolute atomic E-state index is 0.966. The monoisotopic (exact) mass is 535 g/mol. The van der Waals surface area contributed by atoms with Gasteiger partial charge in [0.05, 0.1) is 0 Å². The Morgan fingerprint density at radius 1 is 0.237 bits per heavy atom. The molecule has 0 aromatic rings. The van der Waals surface area contributed by atoms with Crippen LogP contribution in [0.15, 0.2) is 0 Å².